The summed E-state index contributed by atoms with van der Waals surface area (Å²) < 4.78 is 0. The van der Waals surface area contributed by atoms with Crippen LogP contribution in [0.3, 0.4) is 0 Å². The fraction of sp³-hybridized carbons (Fsp3) is 0. The molecular formula is C18H10N4. The van der Waals surface area contributed by atoms with Gasteiger partial charge in [-0.2, -0.15) is 5.26 Å². The minimum Gasteiger partial charge on any atom is -0.252 e. The molecule has 0 aliphatic heterocycles. The maximum atomic E-state index is 8.88. The van der Waals surface area contributed by atoms with Crippen molar-refractivity contribution in [1.29, 1.82) is 5.26 Å². The van der Waals surface area contributed by atoms with Crippen molar-refractivity contribution < 1.29 is 0 Å². The third kappa shape index (κ3) is 2.54. The maximum Gasteiger partial charge on any atom is 0.187 e. The van der Waals surface area contributed by atoms with Crippen LogP contribution in [0.25, 0.3) is 27.4 Å². The normalized spacial score (nSPS) is 9.73. The van der Waals surface area contributed by atoms with Crippen molar-refractivity contribution in [2.24, 2.45) is 0 Å². The first-order valence-electron chi connectivity index (χ1n) is 6.61. The zero-order valence-electron chi connectivity index (χ0n) is 11.6. The highest BCUT2D eigenvalue weighted by molar-refractivity contribution is 5.78. The molecule has 0 aliphatic rings. The fourth-order valence-corrected chi connectivity index (χ4v) is 2.16. The lowest BCUT2D eigenvalue weighted by Gasteiger charge is -2.08. The monoisotopic (exact) mass is 282 g/mol. The molecule has 0 aliphatic carbocycles. The summed E-state index contributed by atoms with van der Waals surface area (Å²) in [6, 6.07) is 16.6. The first-order valence-corrected chi connectivity index (χ1v) is 6.61. The molecule has 0 spiro atoms. The highest BCUT2D eigenvalue weighted by Crippen LogP contribution is 2.29. The zero-order chi connectivity index (χ0) is 15.4. The molecule has 0 bridgehead atoms. The number of aromatic nitrogens is 2. The van der Waals surface area contributed by atoms with Crippen LogP contribution in [0.1, 0.15) is 5.56 Å². The van der Waals surface area contributed by atoms with Crippen molar-refractivity contribution in [1.82, 2.24) is 9.97 Å². The predicted octanol–water partition coefficient (Wildman–Crippen LogP) is 4.23. The molecule has 1 heterocycles. The highest BCUT2D eigenvalue weighted by Gasteiger charge is 2.10. The van der Waals surface area contributed by atoms with Crippen molar-refractivity contribution in [3.05, 3.63) is 77.9 Å². The lowest BCUT2D eigenvalue weighted by molar-refractivity contribution is 1.21. The molecule has 0 radical (unpaired) electrons. The molecule has 0 atom stereocenters. The van der Waals surface area contributed by atoms with Gasteiger partial charge in [0.2, 0.25) is 0 Å². The van der Waals surface area contributed by atoms with Crippen molar-refractivity contribution in [3.8, 4) is 28.6 Å². The van der Waals surface area contributed by atoms with Crippen LogP contribution < -0.4 is 0 Å². The molecule has 4 nitrogen and oxygen atoms in total. The molecule has 102 valence electrons. The summed E-state index contributed by atoms with van der Waals surface area (Å²) in [5, 5.41) is 8.88. The Hall–Kier alpha value is -3.50. The van der Waals surface area contributed by atoms with Gasteiger partial charge in [0.05, 0.1) is 29.6 Å². The lowest BCUT2D eigenvalue weighted by atomic mass is 10.0. The van der Waals surface area contributed by atoms with Gasteiger partial charge in [0.15, 0.2) is 5.69 Å². The summed E-state index contributed by atoms with van der Waals surface area (Å²) in [7, 11) is 0. The summed E-state index contributed by atoms with van der Waals surface area (Å²) >= 11 is 0. The van der Waals surface area contributed by atoms with Crippen LogP contribution in [0.5, 0.6) is 0 Å². The molecule has 0 saturated heterocycles. The van der Waals surface area contributed by atoms with E-state index >= 15 is 0 Å². The SMILES string of the molecule is [C-]#[N+]c1ccc(-c2nccnc2-c2ccc(C#N)cc2)cc1. The average Bonchev–Trinajstić information content (AvgIpc) is 2.62. The Morgan fingerprint density at radius 2 is 1.32 bits per heavy atom. The number of rotatable bonds is 2. The molecule has 2 aromatic carbocycles. The zero-order valence-corrected chi connectivity index (χ0v) is 11.6. The summed E-state index contributed by atoms with van der Waals surface area (Å²) in [5.41, 5.74) is 4.51. The van der Waals surface area contributed by atoms with Crippen LogP contribution >= 0.6 is 0 Å². The van der Waals surface area contributed by atoms with E-state index in [2.05, 4.69) is 20.9 Å². The number of nitrogens with zero attached hydrogens (tertiary/aromatic N) is 4. The van der Waals surface area contributed by atoms with Crippen LogP contribution in [-0.2, 0) is 0 Å². The van der Waals surface area contributed by atoms with Crippen LogP contribution in [-0.4, -0.2) is 9.97 Å². The van der Waals surface area contributed by atoms with Gasteiger partial charge in [0.1, 0.15) is 0 Å². The van der Waals surface area contributed by atoms with E-state index < -0.39 is 0 Å². The molecule has 22 heavy (non-hydrogen) atoms. The maximum absolute atomic E-state index is 8.88. The van der Waals surface area contributed by atoms with Gasteiger partial charge in [-0.1, -0.05) is 36.4 Å². The van der Waals surface area contributed by atoms with Gasteiger partial charge in [0.25, 0.3) is 0 Å². The Balaban J connectivity index is 2.09. The van der Waals surface area contributed by atoms with Gasteiger partial charge < -0.3 is 0 Å². The summed E-state index contributed by atoms with van der Waals surface area (Å²) in [5.74, 6) is 0. The standard InChI is InChI=1S/C18H10N4/c1-20-16-8-6-15(7-9-16)18-17(21-10-11-22-18)14-4-2-13(12-19)3-5-14/h2-11H. The van der Waals surface area contributed by atoms with E-state index in [1.54, 1.807) is 36.7 Å². The smallest absolute Gasteiger partial charge is 0.187 e. The topological polar surface area (TPSA) is 53.9 Å². The number of nitriles is 1. The first-order chi connectivity index (χ1) is 10.8. The van der Waals surface area contributed by atoms with Crippen LogP contribution in [0.4, 0.5) is 5.69 Å². The van der Waals surface area contributed by atoms with E-state index in [0.717, 1.165) is 22.5 Å². The summed E-state index contributed by atoms with van der Waals surface area (Å²) in [6.07, 6.45) is 3.29. The largest absolute Gasteiger partial charge is 0.252 e. The van der Waals surface area contributed by atoms with Crippen LogP contribution in [0.15, 0.2) is 60.9 Å². The van der Waals surface area contributed by atoms with E-state index in [1.165, 1.54) is 0 Å². The minimum absolute atomic E-state index is 0.590. The Morgan fingerprint density at radius 1 is 0.818 bits per heavy atom. The van der Waals surface area contributed by atoms with Crippen LogP contribution in [0.2, 0.25) is 0 Å². The Labute approximate surface area is 128 Å². The van der Waals surface area contributed by atoms with Crippen LogP contribution in [0, 0.1) is 17.9 Å². The van der Waals surface area contributed by atoms with Gasteiger partial charge in [-0.15, -0.1) is 0 Å². The molecule has 3 aromatic rings. The number of hydrogen-bond acceptors (Lipinski definition) is 3. The second-order valence-corrected chi connectivity index (χ2v) is 4.60. The van der Waals surface area contributed by atoms with Crippen molar-refractivity contribution >= 4 is 5.69 Å². The van der Waals surface area contributed by atoms with E-state index in [0.29, 0.717) is 11.3 Å². The molecule has 0 unspecified atom stereocenters. The molecule has 0 N–H and O–H groups in total. The fourth-order valence-electron chi connectivity index (χ4n) is 2.16. The summed E-state index contributed by atoms with van der Waals surface area (Å²) in [6.45, 7) is 7.00. The molecule has 1 aromatic heterocycles. The number of hydrogen-bond donors (Lipinski definition) is 0. The predicted molar refractivity (Wildman–Crippen MR) is 83.9 cm³/mol. The van der Waals surface area contributed by atoms with Gasteiger partial charge in [-0.25, -0.2) is 4.85 Å². The van der Waals surface area contributed by atoms with Crippen molar-refractivity contribution in [2.45, 2.75) is 0 Å². The molecule has 0 saturated carbocycles. The minimum atomic E-state index is 0.590. The molecule has 0 amide bonds. The van der Waals surface area contributed by atoms with Gasteiger partial charge in [-0.05, 0) is 17.7 Å². The Morgan fingerprint density at radius 3 is 1.77 bits per heavy atom. The Bertz CT molecular complexity index is 806. The Kier molecular flexibility index (Phi) is 3.59. The highest BCUT2D eigenvalue weighted by atomic mass is 14.8. The van der Waals surface area contributed by atoms with E-state index in [9.17, 15) is 0 Å². The summed E-state index contributed by atoms with van der Waals surface area (Å²) in [4.78, 5) is 12.2. The van der Waals surface area contributed by atoms with Crippen molar-refractivity contribution in [3.63, 3.8) is 0 Å². The van der Waals surface area contributed by atoms with E-state index in [-0.39, 0.29) is 0 Å². The molecule has 3 rings (SSSR count). The third-order valence-corrected chi connectivity index (χ3v) is 3.26. The molecule has 0 fully saturated rings. The van der Waals surface area contributed by atoms with Gasteiger partial charge >= 0.3 is 0 Å². The number of benzene rings is 2. The van der Waals surface area contributed by atoms with E-state index in [4.69, 9.17) is 11.8 Å². The third-order valence-electron chi connectivity index (χ3n) is 3.26. The molecular weight excluding hydrogens is 272 g/mol. The second-order valence-electron chi connectivity index (χ2n) is 4.60. The lowest BCUT2D eigenvalue weighted by Crippen LogP contribution is -1.92. The molecule has 4 heteroatoms. The van der Waals surface area contributed by atoms with E-state index in [1.807, 2.05) is 24.3 Å². The second kappa shape index (κ2) is 5.87. The van der Waals surface area contributed by atoms with Gasteiger partial charge in [0, 0.05) is 18.0 Å². The quantitative estimate of drug-likeness (QED) is 0.661. The van der Waals surface area contributed by atoms with Gasteiger partial charge in [-0.3, -0.25) is 9.97 Å². The van der Waals surface area contributed by atoms with Crippen molar-refractivity contribution in [2.75, 3.05) is 0 Å². The average molecular weight is 282 g/mol. The first kappa shape index (κ1) is 13.5.